The summed E-state index contributed by atoms with van der Waals surface area (Å²) in [5, 5.41) is 9.40. The molecule has 0 fully saturated rings. The molecule has 194 valence electrons. The minimum Gasteiger partial charge on any atom is -0.388 e. The molecule has 1 atom stereocenters. The summed E-state index contributed by atoms with van der Waals surface area (Å²) < 4.78 is 0. The van der Waals surface area contributed by atoms with Gasteiger partial charge in [0.1, 0.15) is 0 Å². The maximum absolute atomic E-state index is 3.49. The Kier molecular flexibility index (Phi) is 8.23. The second kappa shape index (κ2) is 12.3. The van der Waals surface area contributed by atoms with E-state index >= 15 is 0 Å². The standard InChI is InChI=1S/C37H36N2/c1-37(26-12-5-13-27-39-33-17-8-4-9-18-33,36-34-19-11-10-16-32(34)24-25-35(36)38-2)28-29-20-22-31(23-21-29)30-14-6-3-7-15-30/h3-25,27,38-39H,26,28H2,1-2H3/b12-5+,27-13+. The molecule has 0 aromatic heterocycles. The normalized spacial score (nSPS) is 13.1. The first-order chi connectivity index (χ1) is 19.2. The van der Waals surface area contributed by atoms with E-state index in [9.17, 15) is 0 Å². The SMILES string of the molecule is CNc1ccc2ccccc2c1C(C)(C/C=C/C=C/Nc1ccccc1)Cc1ccc(-c2ccccc2)cc1. The van der Waals surface area contributed by atoms with Crippen molar-refractivity contribution in [1.82, 2.24) is 0 Å². The summed E-state index contributed by atoms with van der Waals surface area (Å²) >= 11 is 0. The minimum absolute atomic E-state index is 0.120. The third-order valence-electron chi connectivity index (χ3n) is 7.39. The largest absolute Gasteiger partial charge is 0.388 e. The number of nitrogens with one attached hydrogen (secondary N) is 2. The molecule has 0 spiro atoms. The summed E-state index contributed by atoms with van der Waals surface area (Å²) in [5.41, 5.74) is 7.35. The first kappa shape index (κ1) is 26.1. The number of allylic oxidation sites excluding steroid dienone is 3. The smallest absolute Gasteiger partial charge is 0.0382 e. The van der Waals surface area contributed by atoms with Crippen LogP contribution < -0.4 is 10.6 Å². The molecular formula is C37H36N2. The predicted molar refractivity (Wildman–Crippen MR) is 169 cm³/mol. The summed E-state index contributed by atoms with van der Waals surface area (Å²) in [6.07, 6.45) is 10.3. The molecule has 2 nitrogen and oxygen atoms in total. The van der Waals surface area contributed by atoms with Gasteiger partial charge in [0, 0.05) is 30.0 Å². The van der Waals surface area contributed by atoms with Crippen LogP contribution in [0.15, 0.2) is 146 Å². The third-order valence-corrected chi connectivity index (χ3v) is 7.39. The van der Waals surface area contributed by atoms with Gasteiger partial charge in [-0.1, -0.05) is 122 Å². The Labute approximate surface area is 232 Å². The average molecular weight is 509 g/mol. The van der Waals surface area contributed by atoms with E-state index in [4.69, 9.17) is 0 Å². The van der Waals surface area contributed by atoms with Gasteiger partial charge in [0.15, 0.2) is 0 Å². The summed E-state index contributed by atoms with van der Waals surface area (Å²) in [5.74, 6) is 0. The van der Waals surface area contributed by atoms with Crippen molar-refractivity contribution in [2.24, 2.45) is 0 Å². The molecule has 5 aromatic rings. The van der Waals surface area contributed by atoms with Gasteiger partial charge >= 0.3 is 0 Å². The lowest BCUT2D eigenvalue weighted by atomic mass is 9.72. The van der Waals surface area contributed by atoms with Crippen molar-refractivity contribution in [3.8, 4) is 11.1 Å². The molecule has 0 amide bonds. The summed E-state index contributed by atoms with van der Waals surface area (Å²) in [7, 11) is 2.02. The van der Waals surface area contributed by atoms with Gasteiger partial charge in [-0.3, -0.25) is 0 Å². The molecule has 2 N–H and O–H groups in total. The molecule has 2 heteroatoms. The molecule has 5 aromatic carbocycles. The maximum Gasteiger partial charge on any atom is 0.0382 e. The first-order valence-corrected chi connectivity index (χ1v) is 13.6. The van der Waals surface area contributed by atoms with Crippen LogP contribution in [0.3, 0.4) is 0 Å². The van der Waals surface area contributed by atoms with Crippen molar-refractivity contribution in [3.63, 3.8) is 0 Å². The number of hydrogen-bond donors (Lipinski definition) is 2. The Morgan fingerprint density at radius 1 is 0.667 bits per heavy atom. The molecular weight excluding hydrogens is 472 g/mol. The van der Waals surface area contributed by atoms with E-state index in [2.05, 4.69) is 139 Å². The fourth-order valence-electron chi connectivity index (χ4n) is 5.43. The van der Waals surface area contributed by atoms with Gasteiger partial charge in [-0.2, -0.15) is 0 Å². The summed E-state index contributed by atoms with van der Waals surface area (Å²) in [4.78, 5) is 0. The summed E-state index contributed by atoms with van der Waals surface area (Å²) in [6.45, 7) is 2.40. The molecule has 39 heavy (non-hydrogen) atoms. The second-order valence-corrected chi connectivity index (χ2v) is 10.3. The highest BCUT2D eigenvalue weighted by Gasteiger charge is 2.30. The van der Waals surface area contributed by atoms with E-state index in [0.717, 1.165) is 18.5 Å². The molecule has 0 aliphatic rings. The Morgan fingerprint density at radius 3 is 2.08 bits per heavy atom. The Hall–Kier alpha value is -4.56. The Balaban J connectivity index is 1.45. The molecule has 0 saturated heterocycles. The van der Waals surface area contributed by atoms with Gasteiger partial charge in [-0.05, 0) is 70.1 Å². The highest BCUT2D eigenvalue weighted by molar-refractivity contribution is 5.91. The van der Waals surface area contributed by atoms with E-state index in [1.54, 1.807) is 0 Å². The zero-order valence-corrected chi connectivity index (χ0v) is 22.8. The quantitative estimate of drug-likeness (QED) is 0.184. The van der Waals surface area contributed by atoms with Crippen molar-refractivity contribution in [1.29, 1.82) is 0 Å². The van der Waals surface area contributed by atoms with Gasteiger partial charge in [0.25, 0.3) is 0 Å². The fourth-order valence-corrected chi connectivity index (χ4v) is 5.43. The van der Waals surface area contributed by atoms with Gasteiger partial charge in [0.05, 0.1) is 0 Å². The topological polar surface area (TPSA) is 24.1 Å². The molecule has 5 rings (SSSR count). The highest BCUT2D eigenvalue weighted by Crippen LogP contribution is 2.41. The lowest BCUT2D eigenvalue weighted by Crippen LogP contribution is -2.26. The van der Waals surface area contributed by atoms with Crippen LogP contribution in [0, 0.1) is 0 Å². The lowest BCUT2D eigenvalue weighted by molar-refractivity contribution is 0.480. The predicted octanol–water partition coefficient (Wildman–Crippen LogP) is 9.62. The van der Waals surface area contributed by atoms with Crippen molar-refractivity contribution >= 4 is 22.1 Å². The van der Waals surface area contributed by atoms with Crippen LogP contribution in [-0.2, 0) is 11.8 Å². The average Bonchev–Trinajstić information content (AvgIpc) is 2.99. The van der Waals surface area contributed by atoms with Gasteiger partial charge in [-0.25, -0.2) is 0 Å². The molecule has 0 aliphatic heterocycles. The van der Waals surface area contributed by atoms with Crippen molar-refractivity contribution in [3.05, 3.63) is 157 Å². The number of rotatable bonds is 10. The van der Waals surface area contributed by atoms with Crippen LogP contribution in [-0.4, -0.2) is 7.05 Å². The van der Waals surface area contributed by atoms with Crippen LogP contribution in [0.25, 0.3) is 21.9 Å². The monoisotopic (exact) mass is 508 g/mol. The molecule has 0 aliphatic carbocycles. The number of benzene rings is 5. The van der Waals surface area contributed by atoms with Crippen LogP contribution in [0.5, 0.6) is 0 Å². The van der Waals surface area contributed by atoms with Crippen LogP contribution in [0.1, 0.15) is 24.5 Å². The van der Waals surface area contributed by atoms with Crippen LogP contribution in [0.2, 0.25) is 0 Å². The number of hydrogen-bond acceptors (Lipinski definition) is 2. The maximum atomic E-state index is 3.49. The van der Waals surface area contributed by atoms with Crippen molar-refractivity contribution < 1.29 is 0 Å². The van der Waals surface area contributed by atoms with E-state index in [1.165, 1.54) is 38.7 Å². The molecule has 1 unspecified atom stereocenters. The van der Waals surface area contributed by atoms with E-state index < -0.39 is 0 Å². The van der Waals surface area contributed by atoms with E-state index in [0.29, 0.717) is 0 Å². The molecule has 0 bridgehead atoms. The van der Waals surface area contributed by atoms with Crippen LogP contribution >= 0.6 is 0 Å². The Morgan fingerprint density at radius 2 is 1.33 bits per heavy atom. The fraction of sp³-hybridized carbons (Fsp3) is 0.135. The van der Waals surface area contributed by atoms with Gasteiger partial charge in [-0.15, -0.1) is 0 Å². The first-order valence-electron chi connectivity index (χ1n) is 13.6. The zero-order chi connectivity index (χ0) is 26.9. The minimum atomic E-state index is -0.120. The van der Waals surface area contributed by atoms with E-state index in [1.807, 2.05) is 31.4 Å². The van der Waals surface area contributed by atoms with Crippen molar-refractivity contribution in [2.75, 3.05) is 17.7 Å². The summed E-state index contributed by atoms with van der Waals surface area (Å²) in [6, 6.07) is 43.1. The lowest BCUT2D eigenvalue weighted by Gasteiger charge is -2.33. The van der Waals surface area contributed by atoms with Gasteiger partial charge < -0.3 is 10.6 Å². The number of fused-ring (bicyclic) bond motifs is 1. The highest BCUT2D eigenvalue weighted by atomic mass is 14.8. The van der Waals surface area contributed by atoms with Gasteiger partial charge in [0.2, 0.25) is 0 Å². The zero-order valence-electron chi connectivity index (χ0n) is 22.8. The van der Waals surface area contributed by atoms with Crippen LogP contribution in [0.4, 0.5) is 11.4 Å². The molecule has 0 saturated carbocycles. The van der Waals surface area contributed by atoms with E-state index in [-0.39, 0.29) is 5.41 Å². The number of para-hydroxylation sites is 1. The number of anilines is 2. The molecule has 0 heterocycles. The molecule has 0 radical (unpaired) electrons. The third kappa shape index (κ3) is 6.30. The van der Waals surface area contributed by atoms with Crippen molar-refractivity contribution in [2.45, 2.75) is 25.2 Å². The Bertz CT molecular complexity index is 1550. The second-order valence-electron chi connectivity index (χ2n) is 10.3.